The number of nitrogens with two attached hydrogens (primary N) is 1. The number of anilines is 2. The number of aromatic nitrogens is 1. The summed E-state index contributed by atoms with van der Waals surface area (Å²) in [4.78, 5) is 0. The fraction of sp³-hybridized carbons (Fsp3) is 0.231. The van der Waals surface area contributed by atoms with Crippen LogP contribution >= 0.6 is 11.5 Å². The van der Waals surface area contributed by atoms with Gasteiger partial charge in [-0.3, -0.25) is 0 Å². The van der Waals surface area contributed by atoms with Crippen LogP contribution in [0.2, 0.25) is 0 Å². The van der Waals surface area contributed by atoms with Gasteiger partial charge in [-0.1, -0.05) is 12.1 Å². The van der Waals surface area contributed by atoms with Crippen molar-refractivity contribution in [2.45, 2.75) is 6.42 Å². The van der Waals surface area contributed by atoms with E-state index in [1.54, 1.807) is 7.11 Å². The van der Waals surface area contributed by atoms with Gasteiger partial charge in [-0.2, -0.15) is 9.64 Å². The van der Waals surface area contributed by atoms with E-state index in [9.17, 15) is 0 Å². The third-order valence-electron chi connectivity index (χ3n) is 2.66. The Kier molecular flexibility index (Phi) is 4.21. The molecule has 0 aliphatic heterocycles. The van der Waals surface area contributed by atoms with Gasteiger partial charge in [-0.05, 0) is 35.6 Å². The zero-order valence-corrected chi connectivity index (χ0v) is 11.3. The molecule has 0 saturated carbocycles. The summed E-state index contributed by atoms with van der Waals surface area (Å²) in [6.45, 7) is 0.712. The highest BCUT2D eigenvalue weighted by Crippen LogP contribution is 2.25. The van der Waals surface area contributed by atoms with Crippen molar-refractivity contribution in [1.29, 1.82) is 5.26 Å². The minimum Gasteiger partial charge on any atom is -0.497 e. The van der Waals surface area contributed by atoms with E-state index in [1.807, 2.05) is 24.3 Å². The Labute approximate surface area is 115 Å². The smallest absolute Gasteiger partial charge is 0.157 e. The number of nitrogens with one attached hydrogen (secondary N) is 1. The first-order valence-electron chi connectivity index (χ1n) is 5.76. The molecule has 0 fully saturated rings. The van der Waals surface area contributed by atoms with Crippen molar-refractivity contribution < 1.29 is 4.74 Å². The summed E-state index contributed by atoms with van der Waals surface area (Å²) in [5.41, 5.74) is 7.19. The van der Waals surface area contributed by atoms with Crippen molar-refractivity contribution in [3.8, 4) is 11.8 Å². The largest absolute Gasteiger partial charge is 0.497 e. The number of rotatable bonds is 5. The van der Waals surface area contributed by atoms with E-state index >= 15 is 0 Å². The summed E-state index contributed by atoms with van der Waals surface area (Å²) in [5, 5.41) is 12.9. The average Bonchev–Trinajstić information content (AvgIpc) is 2.79. The third kappa shape index (κ3) is 3.14. The van der Waals surface area contributed by atoms with Crippen LogP contribution in [0.3, 0.4) is 0 Å². The molecule has 0 radical (unpaired) electrons. The van der Waals surface area contributed by atoms with Crippen molar-refractivity contribution >= 4 is 22.4 Å². The van der Waals surface area contributed by atoms with E-state index in [0.29, 0.717) is 12.1 Å². The zero-order valence-electron chi connectivity index (χ0n) is 10.5. The van der Waals surface area contributed by atoms with Crippen LogP contribution in [0.15, 0.2) is 24.3 Å². The molecule has 6 heteroatoms. The van der Waals surface area contributed by atoms with Crippen molar-refractivity contribution in [1.82, 2.24) is 4.37 Å². The van der Waals surface area contributed by atoms with Gasteiger partial charge < -0.3 is 15.8 Å². The van der Waals surface area contributed by atoms with E-state index in [0.717, 1.165) is 17.2 Å². The molecule has 5 nitrogen and oxygen atoms in total. The first kappa shape index (κ1) is 13.2. The maximum Gasteiger partial charge on any atom is 0.157 e. The van der Waals surface area contributed by atoms with Crippen LogP contribution in [0.4, 0.5) is 10.8 Å². The number of nitrogen functional groups attached to an aromatic ring is 1. The van der Waals surface area contributed by atoms with Gasteiger partial charge in [0, 0.05) is 6.54 Å². The molecule has 2 aromatic rings. The summed E-state index contributed by atoms with van der Waals surface area (Å²) in [5.74, 6) is 1.13. The molecule has 0 atom stereocenters. The van der Waals surface area contributed by atoms with Crippen molar-refractivity contribution in [2.75, 3.05) is 24.7 Å². The molecule has 98 valence electrons. The molecule has 0 amide bonds. The fourth-order valence-electron chi connectivity index (χ4n) is 1.68. The Morgan fingerprint density at radius 2 is 2.37 bits per heavy atom. The van der Waals surface area contributed by atoms with Gasteiger partial charge in [0.15, 0.2) is 5.82 Å². The summed E-state index contributed by atoms with van der Waals surface area (Å²) in [6, 6.07) is 9.95. The van der Waals surface area contributed by atoms with E-state index in [-0.39, 0.29) is 5.82 Å². The number of nitriles is 1. The summed E-state index contributed by atoms with van der Waals surface area (Å²) in [7, 11) is 1.65. The highest BCUT2D eigenvalue weighted by Gasteiger charge is 2.09. The molecule has 19 heavy (non-hydrogen) atoms. The molecule has 0 unspecified atom stereocenters. The molecule has 3 N–H and O–H groups in total. The van der Waals surface area contributed by atoms with Gasteiger partial charge in [0.1, 0.15) is 22.4 Å². The van der Waals surface area contributed by atoms with E-state index in [1.165, 1.54) is 17.1 Å². The molecule has 0 aliphatic rings. The van der Waals surface area contributed by atoms with E-state index < -0.39 is 0 Å². The Bertz CT molecular complexity index is 603. The zero-order chi connectivity index (χ0) is 13.7. The SMILES string of the molecule is COc1cccc(CCNc2snc(N)c2C#N)c1. The number of ether oxygens (including phenoxy) is 1. The first-order chi connectivity index (χ1) is 9.24. The predicted octanol–water partition coefficient (Wildman–Crippen LogP) is 2.26. The second kappa shape index (κ2) is 6.07. The standard InChI is InChI=1S/C13H14N4OS/c1-18-10-4-2-3-9(7-10)5-6-16-13-11(8-14)12(15)17-19-13/h2-4,7,16H,5-6H2,1H3,(H2,15,17). The molecule has 1 aromatic heterocycles. The van der Waals surface area contributed by atoms with Crippen LogP contribution in [-0.4, -0.2) is 18.0 Å². The van der Waals surface area contributed by atoms with Crippen LogP contribution in [0.25, 0.3) is 0 Å². The van der Waals surface area contributed by atoms with Crippen LogP contribution in [0.5, 0.6) is 5.75 Å². The Morgan fingerprint density at radius 1 is 1.53 bits per heavy atom. The maximum absolute atomic E-state index is 8.95. The molecule has 2 rings (SSSR count). The lowest BCUT2D eigenvalue weighted by Gasteiger charge is -2.06. The monoisotopic (exact) mass is 274 g/mol. The highest BCUT2D eigenvalue weighted by molar-refractivity contribution is 7.10. The molecular weight excluding hydrogens is 260 g/mol. The second-order valence-corrected chi connectivity index (χ2v) is 4.69. The molecular formula is C13H14N4OS. The predicted molar refractivity (Wildman–Crippen MR) is 76.4 cm³/mol. The van der Waals surface area contributed by atoms with Crippen molar-refractivity contribution in [2.24, 2.45) is 0 Å². The van der Waals surface area contributed by atoms with E-state index in [4.69, 9.17) is 15.7 Å². The van der Waals surface area contributed by atoms with E-state index in [2.05, 4.69) is 15.8 Å². The van der Waals surface area contributed by atoms with Crippen LogP contribution < -0.4 is 15.8 Å². The van der Waals surface area contributed by atoms with Gasteiger partial charge in [0.05, 0.1) is 7.11 Å². The number of hydrogen-bond acceptors (Lipinski definition) is 6. The topological polar surface area (TPSA) is 84.0 Å². The molecule has 1 heterocycles. The van der Waals surface area contributed by atoms with Gasteiger partial charge in [-0.25, -0.2) is 0 Å². The summed E-state index contributed by atoms with van der Waals surface area (Å²) < 4.78 is 9.13. The van der Waals surface area contributed by atoms with Gasteiger partial charge in [-0.15, -0.1) is 0 Å². The minimum absolute atomic E-state index is 0.288. The number of hydrogen-bond donors (Lipinski definition) is 2. The van der Waals surface area contributed by atoms with Gasteiger partial charge in [0.25, 0.3) is 0 Å². The summed E-state index contributed by atoms with van der Waals surface area (Å²) >= 11 is 1.21. The van der Waals surface area contributed by atoms with Crippen molar-refractivity contribution in [3.63, 3.8) is 0 Å². The second-order valence-electron chi connectivity index (χ2n) is 3.91. The molecule has 0 saturated heterocycles. The minimum atomic E-state index is 0.288. The van der Waals surface area contributed by atoms with Gasteiger partial charge in [0.2, 0.25) is 0 Å². The lowest BCUT2D eigenvalue weighted by Crippen LogP contribution is -2.05. The molecule has 0 spiro atoms. The molecule has 0 aliphatic carbocycles. The van der Waals surface area contributed by atoms with Gasteiger partial charge >= 0.3 is 0 Å². The average molecular weight is 274 g/mol. The number of methoxy groups -OCH3 is 1. The Morgan fingerprint density at radius 3 is 3.11 bits per heavy atom. The lowest BCUT2D eigenvalue weighted by molar-refractivity contribution is 0.414. The number of benzene rings is 1. The quantitative estimate of drug-likeness (QED) is 0.873. The van der Waals surface area contributed by atoms with Crippen LogP contribution in [0.1, 0.15) is 11.1 Å². The Balaban J connectivity index is 1.94. The molecule has 0 bridgehead atoms. The third-order valence-corrected chi connectivity index (χ3v) is 3.48. The molecule has 1 aromatic carbocycles. The van der Waals surface area contributed by atoms with Crippen LogP contribution in [0, 0.1) is 11.3 Å². The summed E-state index contributed by atoms with van der Waals surface area (Å²) in [6.07, 6.45) is 0.833. The first-order valence-corrected chi connectivity index (χ1v) is 6.54. The van der Waals surface area contributed by atoms with Crippen LogP contribution in [-0.2, 0) is 6.42 Å². The number of nitrogens with zero attached hydrogens (tertiary/aromatic N) is 2. The highest BCUT2D eigenvalue weighted by atomic mass is 32.1. The Hall–Kier alpha value is -2.26. The lowest BCUT2D eigenvalue weighted by atomic mass is 10.1. The normalized spacial score (nSPS) is 9.89. The fourth-order valence-corrected chi connectivity index (χ4v) is 2.37. The maximum atomic E-state index is 8.95. The van der Waals surface area contributed by atoms with Crippen molar-refractivity contribution in [3.05, 3.63) is 35.4 Å².